The predicted molar refractivity (Wildman–Crippen MR) is 88.2 cm³/mol. The van der Waals surface area contributed by atoms with Crippen LogP contribution in [0.15, 0.2) is 60.3 Å². The Kier molecular flexibility index (Phi) is 4.11. The Morgan fingerprint density at radius 3 is 2.33 bits per heavy atom. The number of hydrogen-bond acceptors (Lipinski definition) is 4. The smallest absolute Gasteiger partial charge is 0.337 e. The summed E-state index contributed by atoms with van der Waals surface area (Å²) < 4.78 is 4.63. The van der Waals surface area contributed by atoms with Crippen LogP contribution in [-0.4, -0.2) is 25.0 Å². The molecule has 0 atom stereocenters. The van der Waals surface area contributed by atoms with E-state index in [9.17, 15) is 14.4 Å². The van der Waals surface area contributed by atoms with Gasteiger partial charge < -0.3 is 10.1 Å². The monoisotopic (exact) mass is 322 g/mol. The van der Waals surface area contributed by atoms with E-state index in [0.29, 0.717) is 16.8 Å². The van der Waals surface area contributed by atoms with Crippen LogP contribution >= 0.6 is 0 Å². The molecule has 1 N–H and O–H groups in total. The van der Waals surface area contributed by atoms with Crippen molar-refractivity contribution in [2.24, 2.45) is 0 Å². The minimum absolute atomic E-state index is 0.176. The molecule has 0 radical (unpaired) electrons. The first-order valence-electron chi connectivity index (χ1n) is 7.20. The van der Waals surface area contributed by atoms with E-state index in [0.717, 1.165) is 4.90 Å². The summed E-state index contributed by atoms with van der Waals surface area (Å²) in [6, 6.07) is 14.7. The lowest BCUT2D eigenvalue weighted by Gasteiger charge is -2.10. The molecule has 0 bridgehead atoms. The summed E-state index contributed by atoms with van der Waals surface area (Å²) in [5.41, 5.74) is 1.77. The van der Waals surface area contributed by atoms with Crippen molar-refractivity contribution in [3.05, 3.63) is 71.4 Å². The molecule has 1 aliphatic rings. The number of nitrogens with zero attached hydrogens (tertiary/aromatic N) is 1. The standard InChI is InChI=1S/C18H14N2O4/c1-24-17(22)13-9-7-12(8-10-13)11-15-16(21)20(18(23)19-15)14-5-3-2-4-6-14/h2-11H,1H3,(H,19,23)/b15-11+. The Hall–Kier alpha value is -3.41. The zero-order valence-corrected chi connectivity index (χ0v) is 12.9. The van der Waals surface area contributed by atoms with Crippen LogP contribution in [0, 0.1) is 0 Å². The van der Waals surface area contributed by atoms with Crippen molar-refractivity contribution in [2.75, 3.05) is 12.0 Å². The number of para-hydroxylation sites is 1. The van der Waals surface area contributed by atoms with Crippen molar-refractivity contribution < 1.29 is 19.1 Å². The highest BCUT2D eigenvalue weighted by Gasteiger charge is 2.34. The molecule has 3 rings (SSSR count). The number of rotatable bonds is 3. The summed E-state index contributed by atoms with van der Waals surface area (Å²) in [5.74, 6) is -0.863. The highest BCUT2D eigenvalue weighted by atomic mass is 16.5. The highest BCUT2D eigenvalue weighted by Crippen LogP contribution is 2.21. The number of imide groups is 1. The van der Waals surface area contributed by atoms with Gasteiger partial charge in [-0.3, -0.25) is 4.79 Å². The number of nitrogens with one attached hydrogen (secondary N) is 1. The molecule has 24 heavy (non-hydrogen) atoms. The van der Waals surface area contributed by atoms with Crippen LogP contribution in [0.25, 0.3) is 6.08 Å². The van der Waals surface area contributed by atoms with Crippen molar-refractivity contribution in [1.29, 1.82) is 0 Å². The fraction of sp³-hybridized carbons (Fsp3) is 0.0556. The normalized spacial score (nSPS) is 15.5. The van der Waals surface area contributed by atoms with E-state index in [1.807, 2.05) is 6.07 Å². The van der Waals surface area contributed by atoms with Crippen LogP contribution in [0.1, 0.15) is 15.9 Å². The summed E-state index contributed by atoms with van der Waals surface area (Å²) >= 11 is 0. The number of urea groups is 1. The van der Waals surface area contributed by atoms with Crippen molar-refractivity contribution >= 4 is 29.7 Å². The van der Waals surface area contributed by atoms with Gasteiger partial charge in [0.15, 0.2) is 0 Å². The Bertz CT molecular complexity index is 826. The molecule has 6 heteroatoms. The minimum Gasteiger partial charge on any atom is -0.465 e. The zero-order valence-electron chi connectivity index (χ0n) is 12.9. The average Bonchev–Trinajstić information content (AvgIpc) is 2.89. The third-order valence-corrected chi connectivity index (χ3v) is 3.54. The first-order chi connectivity index (χ1) is 11.6. The Morgan fingerprint density at radius 2 is 1.71 bits per heavy atom. The molecule has 0 aromatic heterocycles. The van der Waals surface area contributed by atoms with Gasteiger partial charge in [-0.2, -0.15) is 0 Å². The molecule has 1 saturated heterocycles. The number of anilines is 1. The predicted octanol–water partition coefficient (Wildman–Crippen LogP) is 2.57. The number of carbonyl (C=O) groups is 3. The Morgan fingerprint density at radius 1 is 1.04 bits per heavy atom. The van der Waals surface area contributed by atoms with Gasteiger partial charge >= 0.3 is 12.0 Å². The number of carbonyl (C=O) groups excluding carboxylic acids is 3. The molecule has 2 aromatic rings. The van der Waals surface area contributed by atoms with Crippen LogP contribution in [0.4, 0.5) is 10.5 Å². The molecule has 0 unspecified atom stereocenters. The molecule has 1 aliphatic heterocycles. The van der Waals surface area contributed by atoms with Crippen LogP contribution in [0.3, 0.4) is 0 Å². The van der Waals surface area contributed by atoms with Gasteiger partial charge in [0, 0.05) is 0 Å². The van der Waals surface area contributed by atoms with E-state index in [4.69, 9.17) is 0 Å². The number of ether oxygens (including phenoxy) is 1. The average molecular weight is 322 g/mol. The third kappa shape index (κ3) is 2.89. The second-order valence-electron chi connectivity index (χ2n) is 5.08. The number of benzene rings is 2. The van der Waals surface area contributed by atoms with Crippen LogP contribution in [-0.2, 0) is 9.53 Å². The number of esters is 1. The van der Waals surface area contributed by atoms with Crippen LogP contribution < -0.4 is 10.2 Å². The summed E-state index contributed by atoms with van der Waals surface area (Å²) in [5, 5.41) is 2.56. The molecule has 0 saturated carbocycles. The van der Waals surface area contributed by atoms with E-state index < -0.39 is 17.9 Å². The van der Waals surface area contributed by atoms with Crippen molar-refractivity contribution in [1.82, 2.24) is 5.32 Å². The highest BCUT2D eigenvalue weighted by molar-refractivity contribution is 6.28. The maximum atomic E-state index is 12.4. The molecule has 1 fully saturated rings. The van der Waals surface area contributed by atoms with Crippen molar-refractivity contribution in [2.45, 2.75) is 0 Å². The molecular weight excluding hydrogens is 308 g/mol. The maximum Gasteiger partial charge on any atom is 0.337 e. The van der Waals surface area contributed by atoms with Gasteiger partial charge in [-0.25, -0.2) is 14.5 Å². The van der Waals surface area contributed by atoms with Gasteiger partial charge in [0.05, 0.1) is 18.4 Å². The van der Waals surface area contributed by atoms with Gasteiger partial charge in [0.25, 0.3) is 5.91 Å². The minimum atomic E-state index is -0.497. The van der Waals surface area contributed by atoms with E-state index in [-0.39, 0.29) is 5.70 Å². The fourth-order valence-electron chi connectivity index (χ4n) is 2.35. The molecule has 1 heterocycles. The van der Waals surface area contributed by atoms with Gasteiger partial charge in [-0.1, -0.05) is 30.3 Å². The summed E-state index contributed by atoms with van der Waals surface area (Å²) in [7, 11) is 1.31. The van der Waals surface area contributed by atoms with Gasteiger partial charge in [0.2, 0.25) is 0 Å². The molecular formula is C18H14N2O4. The zero-order chi connectivity index (χ0) is 17.1. The molecule has 0 spiro atoms. The maximum absolute atomic E-state index is 12.4. The summed E-state index contributed by atoms with van der Waals surface area (Å²) in [6.45, 7) is 0. The molecule has 2 aromatic carbocycles. The van der Waals surface area contributed by atoms with Gasteiger partial charge in [-0.15, -0.1) is 0 Å². The van der Waals surface area contributed by atoms with E-state index in [1.54, 1.807) is 54.6 Å². The SMILES string of the molecule is COC(=O)c1ccc(/C=C2/NC(=O)N(c3ccccc3)C2=O)cc1. The van der Waals surface area contributed by atoms with Crippen molar-refractivity contribution in [3.63, 3.8) is 0 Å². The van der Waals surface area contributed by atoms with Gasteiger partial charge in [-0.05, 0) is 35.9 Å². The van der Waals surface area contributed by atoms with Crippen molar-refractivity contribution in [3.8, 4) is 0 Å². The number of hydrogen-bond donors (Lipinski definition) is 1. The molecule has 3 amide bonds. The van der Waals surface area contributed by atoms with Crippen LogP contribution in [0.5, 0.6) is 0 Å². The molecule has 6 nitrogen and oxygen atoms in total. The second kappa shape index (κ2) is 6.37. The quantitative estimate of drug-likeness (QED) is 0.535. The van der Waals surface area contributed by atoms with E-state index in [2.05, 4.69) is 10.1 Å². The van der Waals surface area contributed by atoms with E-state index in [1.165, 1.54) is 7.11 Å². The van der Waals surface area contributed by atoms with E-state index >= 15 is 0 Å². The molecule has 0 aliphatic carbocycles. The Balaban J connectivity index is 1.85. The fourth-order valence-corrected chi connectivity index (χ4v) is 2.35. The lowest BCUT2D eigenvalue weighted by molar-refractivity contribution is -0.113. The van der Waals surface area contributed by atoms with Crippen LogP contribution in [0.2, 0.25) is 0 Å². The second-order valence-corrected chi connectivity index (χ2v) is 5.08. The number of amides is 3. The molecule has 120 valence electrons. The third-order valence-electron chi connectivity index (χ3n) is 3.54. The first-order valence-corrected chi connectivity index (χ1v) is 7.20. The topological polar surface area (TPSA) is 75.7 Å². The Labute approximate surface area is 138 Å². The largest absolute Gasteiger partial charge is 0.465 e. The lowest BCUT2D eigenvalue weighted by Crippen LogP contribution is -2.30. The summed E-state index contributed by atoms with van der Waals surface area (Å²) in [4.78, 5) is 37.0. The lowest BCUT2D eigenvalue weighted by atomic mass is 10.1. The summed E-state index contributed by atoms with van der Waals surface area (Å²) in [6.07, 6.45) is 1.56. The number of methoxy groups -OCH3 is 1. The first kappa shape index (κ1) is 15.5. The van der Waals surface area contributed by atoms with Gasteiger partial charge in [0.1, 0.15) is 5.70 Å².